The van der Waals surface area contributed by atoms with E-state index < -0.39 is 40.9 Å². The summed E-state index contributed by atoms with van der Waals surface area (Å²) in [6.45, 7) is 7.08. The predicted octanol–water partition coefficient (Wildman–Crippen LogP) is 6.25. The summed E-state index contributed by atoms with van der Waals surface area (Å²) in [5.41, 5.74) is 0.419. The van der Waals surface area contributed by atoms with E-state index in [1.165, 1.54) is 24.4 Å². The number of ether oxygens (including phenoxy) is 2. The topological polar surface area (TPSA) is 77.5 Å². The lowest BCUT2D eigenvalue weighted by molar-refractivity contribution is 0.00693. The van der Waals surface area contributed by atoms with E-state index in [2.05, 4.69) is 10.3 Å². The molecule has 178 valence electrons. The molecule has 0 unspecified atom stereocenters. The van der Waals surface area contributed by atoms with Gasteiger partial charge in [0.05, 0.1) is 16.6 Å². The number of carbonyl (C=O) groups is 2. The van der Waals surface area contributed by atoms with Crippen molar-refractivity contribution < 1.29 is 27.8 Å². The molecule has 34 heavy (non-hydrogen) atoms. The minimum absolute atomic E-state index is 0.0617. The Morgan fingerprint density at radius 3 is 2.41 bits per heavy atom. The lowest BCUT2D eigenvalue weighted by Gasteiger charge is -2.20. The molecular formula is C25H23ClF2N2O4. The summed E-state index contributed by atoms with van der Waals surface area (Å²) in [7, 11) is 0. The zero-order valence-corrected chi connectivity index (χ0v) is 19.7. The number of halogens is 3. The van der Waals surface area contributed by atoms with E-state index in [4.69, 9.17) is 21.1 Å². The molecule has 0 aliphatic carbocycles. The summed E-state index contributed by atoms with van der Waals surface area (Å²) in [5, 5.41) is 2.94. The van der Waals surface area contributed by atoms with E-state index >= 15 is 0 Å². The number of amides is 1. The molecule has 1 amide bonds. The van der Waals surface area contributed by atoms with E-state index in [1.54, 1.807) is 52.0 Å². The SMILES string of the molecule is C[C@H](NC(=O)c1cc(Cl)cnc1Oc1cccc(F)c1F)c1ccc(C(=O)OC(C)(C)C)cc1. The normalized spacial score (nSPS) is 12.1. The molecule has 1 atom stereocenters. The minimum Gasteiger partial charge on any atom is -0.456 e. The van der Waals surface area contributed by atoms with Gasteiger partial charge in [0, 0.05) is 6.20 Å². The smallest absolute Gasteiger partial charge is 0.338 e. The van der Waals surface area contributed by atoms with Crippen molar-refractivity contribution in [2.24, 2.45) is 0 Å². The number of hydrogen-bond acceptors (Lipinski definition) is 5. The Hall–Kier alpha value is -3.52. The highest BCUT2D eigenvalue weighted by molar-refractivity contribution is 6.30. The first-order valence-corrected chi connectivity index (χ1v) is 10.7. The highest BCUT2D eigenvalue weighted by Crippen LogP contribution is 2.29. The molecule has 0 aliphatic rings. The van der Waals surface area contributed by atoms with Crippen LogP contribution in [0.2, 0.25) is 5.02 Å². The number of nitrogens with one attached hydrogen (secondary N) is 1. The first-order chi connectivity index (χ1) is 15.9. The summed E-state index contributed by atoms with van der Waals surface area (Å²) in [5.74, 6) is -4.00. The molecular weight excluding hydrogens is 466 g/mol. The summed E-state index contributed by atoms with van der Waals surface area (Å²) in [6.07, 6.45) is 1.23. The molecule has 3 aromatic rings. The second kappa shape index (κ2) is 10.2. The number of hydrogen-bond donors (Lipinski definition) is 1. The molecule has 2 aromatic carbocycles. The van der Waals surface area contributed by atoms with E-state index in [0.29, 0.717) is 11.1 Å². The maximum atomic E-state index is 14.0. The van der Waals surface area contributed by atoms with Crippen molar-refractivity contribution in [3.63, 3.8) is 0 Å². The molecule has 0 spiro atoms. The second-order valence-corrected chi connectivity index (χ2v) is 8.92. The van der Waals surface area contributed by atoms with Crippen molar-refractivity contribution in [3.05, 3.63) is 88.1 Å². The fourth-order valence-electron chi connectivity index (χ4n) is 2.94. The quantitative estimate of drug-likeness (QED) is 0.415. The van der Waals surface area contributed by atoms with Crippen LogP contribution in [0.5, 0.6) is 11.6 Å². The highest BCUT2D eigenvalue weighted by Gasteiger charge is 2.21. The Morgan fingerprint density at radius 2 is 1.76 bits per heavy atom. The monoisotopic (exact) mass is 488 g/mol. The Balaban J connectivity index is 1.77. The second-order valence-electron chi connectivity index (χ2n) is 8.48. The van der Waals surface area contributed by atoms with Crippen LogP contribution in [-0.2, 0) is 4.74 Å². The fraction of sp³-hybridized carbons (Fsp3) is 0.240. The number of nitrogens with zero attached hydrogens (tertiary/aromatic N) is 1. The van der Waals surface area contributed by atoms with Gasteiger partial charge in [-0.1, -0.05) is 29.8 Å². The zero-order chi connectivity index (χ0) is 25.0. The standard InChI is InChI=1S/C25H23ClF2N2O4/c1-14(15-8-10-16(11-9-15)24(32)34-25(2,3)4)30-22(31)18-12-17(26)13-29-23(18)33-20-7-5-6-19(27)21(20)28/h5-14H,1-4H3,(H,30,31)/t14-/m0/s1. The van der Waals surface area contributed by atoms with Crippen molar-refractivity contribution in [2.75, 3.05) is 0 Å². The number of esters is 1. The van der Waals surface area contributed by atoms with Crippen molar-refractivity contribution in [1.82, 2.24) is 10.3 Å². The van der Waals surface area contributed by atoms with Gasteiger partial charge in [-0.2, -0.15) is 4.39 Å². The number of benzene rings is 2. The van der Waals surface area contributed by atoms with Crippen molar-refractivity contribution in [1.29, 1.82) is 0 Å². The zero-order valence-electron chi connectivity index (χ0n) is 19.0. The molecule has 0 saturated heterocycles. The summed E-state index contributed by atoms with van der Waals surface area (Å²) in [4.78, 5) is 29.1. The van der Waals surface area contributed by atoms with E-state index in [-0.39, 0.29) is 16.5 Å². The molecule has 0 aliphatic heterocycles. The molecule has 6 nitrogen and oxygen atoms in total. The van der Waals surface area contributed by atoms with Crippen LogP contribution in [0.4, 0.5) is 8.78 Å². The minimum atomic E-state index is -1.20. The van der Waals surface area contributed by atoms with Crippen LogP contribution in [0.25, 0.3) is 0 Å². The van der Waals surface area contributed by atoms with Crippen molar-refractivity contribution >= 4 is 23.5 Å². The first-order valence-electron chi connectivity index (χ1n) is 10.4. The third-order valence-corrected chi connectivity index (χ3v) is 4.78. The Bertz CT molecular complexity index is 1210. The van der Waals surface area contributed by atoms with Gasteiger partial charge in [0.15, 0.2) is 11.6 Å². The van der Waals surface area contributed by atoms with Crippen LogP contribution in [0.15, 0.2) is 54.7 Å². The van der Waals surface area contributed by atoms with Gasteiger partial charge in [-0.05, 0) is 63.6 Å². The average Bonchev–Trinajstić information content (AvgIpc) is 2.77. The van der Waals surface area contributed by atoms with Crippen LogP contribution < -0.4 is 10.1 Å². The van der Waals surface area contributed by atoms with Gasteiger partial charge in [0.25, 0.3) is 5.91 Å². The van der Waals surface area contributed by atoms with Gasteiger partial charge in [-0.3, -0.25) is 4.79 Å². The highest BCUT2D eigenvalue weighted by atomic mass is 35.5. The molecule has 0 radical (unpaired) electrons. The van der Waals surface area contributed by atoms with Gasteiger partial charge < -0.3 is 14.8 Å². The van der Waals surface area contributed by atoms with Gasteiger partial charge in [0.2, 0.25) is 11.7 Å². The molecule has 0 fully saturated rings. The van der Waals surface area contributed by atoms with E-state index in [1.807, 2.05) is 0 Å². The third kappa shape index (κ3) is 6.29. The van der Waals surface area contributed by atoms with Gasteiger partial charge in [-0.15, -0.1) is 0 Å². The molecule has 1 heterocycles. The Morgan fingerprint density at radius 1 is 1.09 bits per heavy atom. The average molecular weight is 489 g/mol. The third-order valence-electron chi connectivity index (χ3n) is 4.58. The van der Waals surface area contributed by atoms with E-state index in [0.717, 1.165) is 6.07 Å². The number of aromatic nitrogens is 1. The number of pyridine rings is 1. The molecule has 1 N–H and O–H groups in total. The van der Waals surface area contributed by atoms with Crippen LogP contribution in [0, 0.1) is 11.6 Å². The summed E-state index contributed by atoms with van der Waals surface area (Å²) < 4.78 is 38.3. The molecule has 0 saturated carbocycles. The molecule has 3 rings (SSSR count). The fourth-order valence-corrected chi connectivity index (χ4v) is 3.10. The van der Waals surface area contributed by atoms with Gasteiger partial charge in [0.1, 0.15) is 11.2 Å². The Labute approximate surface area is 200 Å². The molecule has 9 heteroatoms. The lowest BCUT2D eigenvalue weighted by Crippen LogP contribution is -2.27. The largest absolute Gasteiger partial charge is 0.456 e. The van der Waals surface area contributed by atoms with Crippen molar-refractivity contribution in [2.45, 2.75) is 39.3 Å². The van der Waals surface area contributed by atoms with Gasteiger partial charge in [-0.25, -0.2) is 14.2 Å². The van der Waals surface area contributed by atoms with Crippen LogP contribution in [-0.4, -0.2) is 22.5 Å². The Kier molecular flexibility index (Phi) is 7.51. The van der Waals surface area contributed by atoms with E-state index in [9.17, 15) is 18.4 Å². The number of rotatable bonds is 6. The van der Waals surface area contributed by atoms with Crippen LogP contribution >= 0.6 is 11.6 Å². The summed E-state index contributed by atoms with van der Waals surface area (Å²) >= 11 is 5.99. The molecule has 0 bridgehead atoms. The molecule has 1 aromatic heterocycles. The van der Waals surface area contributed by atoms with Gasteiger partial charge >= 0.3 is 5.97 Å². The first kappa shape index (κ1) is 25.1. The van der Waals surface area contributed by atoms with Crippen LogP contribution in [0.1, 0.15) is 60.0 Å². The maximum Gasteiger partial charge on any atom is 0.338 e. The van der Waals surface area contributed by atoms with Crippen molar-refractivity contribution in [3.8, 4) is 11.6 Å². The summed E-state index contributed by atoms with van der Waals surface area (Å²) in [6, 6.07) is 10.9. The number of carbonyl (C=O) groups excluding carboxylic acids is 2. The van der Waals surface area contributed by atoms with Crippen LogP contribution in [0.3, 0.4) is 0 Å². The lowest BCUT2D eigenvalue weighted by atomic mass is 10.1. The maximum absolute atomic E-state index is 14.0. The predicted molar refractivity (Wildman–Crippen MR) is 123 cm³/mol.